The van der Waals surface area contributed by atoms with Gasteiger partial charge in [0.25, 0.3) is 0 Å². The number of primary amides is 1. The number of carbonyl (C=O) groups excluding carboxylic acids is 1. The fourth-order valence-electron chi connectivity index (χ4n) is 0.725. The molecule has 0 heterocycles. The number of nitrogens with one attached hydrogen (secondary N) is 1. The van der Waals surface area contributed by atoms with Crippen LogP contribution in [0.2, 0.25) is 0 Å². The Labute approximate surface area is 114 Å². The van der Waals surface area contributed by atoms with E-state index in [9.17, 15) is 4.79 Å². The second kappa shape index (κ2) is 7.70. The van der Waals surface area contributed by atoms with Crippen LogP contribution in [-0.2, 0) is 4.79 Å². The van der Waals surface area contributed by atoms with Crippen LogP contribution in [0, 0.1) is 11.3 Å². The van der Waals surface area contributed by atoms with E-state index in [2.05, 4.69) is 24.2 Å². The Bertz CT molecular complexity index is 251. The van der Waals surface area contributed by atoms with E-state index in [-0.39, 0.29) is 29.9 Å². The van der Waals surface area contributed by atoms with Crippen molar-refractivity contribution in [1.29, 1.82) is 0 Å². The highest BCUT2D eigenvalue weighted by Crippen LogP contribution is 2.13. The van der Waals surface area contributed by atoms with E-state index in [0.717, 1.165) is 6.54 Å². The summed E-state index contributed by atoms with van der Waals surface area (Å²) in [6.45, 7) is 8.72. The Kier molecular flexibility index (Phi) is 8.59. The number of halogens is 1. The average Bonchev–Trinajstić information content (AvgIpc) is 2.11. The number of guanidine groups is 1. The number of rotatable bonds is 5. The van der Waals surface area contributed by atoms with Crippen LogP contribution in [0.25, 0.3) is 0 Å². The second-order valence-corrected chi connectivity index (χ2v) is 4.72. The molecule has 0 saturated heterocycles. The molecule has 0 aromatic rings. The Morgan fingerprint density at radius 2 is 1.88 bits per heavy atom. The lowest BCUT2D eigenvalue weighted by Gasteiger charge is -2.17. The first kappa shape index (κ1) is 17.9. The smallest absolute Gasteiger partial charge is 0.224 e. The van der Waals surface area contributed by atoms with E-state index in [0.29, 0.717) is 18.4 Å². The van der Waals surface area contributed by atoms with Crippen LogP contribution in [-0.4, -0.2) is 25.0 Å². The summed E-state index contributed by atoms with van der Waals surface area (Å²) in [7, 11) is 0. The normalized spacial score (nSPS) is 12.2. The molecule has 0 aromatic heterocycles. The van der Waals surface area contributed by atoms with Gasteiger partial charge in [-0.25, -0.2) is 0 Å². The monoisotopic (exact) mass is 342 g/mol. The highest BCUT2D eigenvalue weighted by atomic mass is 127. The highest BCUT2D eigenvalue weighted by Gasteiger charge is 2.24. The molecular formula is C10H23IN4O. The summed E-state index contributed by atoms with van der Waals surface area (Å²) in [6, 6.07) is 0. The summed E-state index contributed by atoms with van der Waals surface area (Å²) < 4.78 is 0. The lowest BCUT2D eigenvalue weighted by atomic mass is 9.93. The van der Waals surface area contributed by atoms with E-state index in [4.69, 9.17) is 11.5 Å². The van der Waals surface area contributed by atoms with Crippen LogP contribution in [0.15, 0.2) is 4.99 Å². The molecule has 96 valence electrons. The maximum Gasteiger partial charge on any atom is 0.224 e. The summed E-state index contributed by atoms with van der Waals surface area (Å²) in [6.07, 6.45) is 0. The van der Waals surface area contributed by atoms with Crippen molar-refractivity contribution in [2.45, 2.75) is 27.7 Å². The number of amides is 1. The van der Waals surface area contributed by atoms with Gasteiger partial charge in [-0.2, -0.15) is 0 Å². The Morgan fingerprint density at radius 3 is 2.25 bits per heavy atom. The van der Waals surface area contributed by atoms with Crippen LogP contribution in [0.3, 0.4) is 0 Å². The maximum atomic E-state index is 11.0. The van der Waals surface area contributed by atoms with Crippen LogP contribution in [0.1, 0.15) is 27.7 Å². The summed E-state index contributed by atoms with van der Waals surface area (Å²) in [5.41, 5.74) is 10.2. The number of hydrogen-bond donors (Lipinski definition) is 3. The van der Waals surface area contributed by atoms with Crippen molar-refractivity contribution >= 4 is 35.8 Å². The molecule has 5 nitrogen and oxygen atoms in total. The van der Waals surface area contributed by atoms with Gasteiger partial charge in [-0.3, -0.25) is 9.79 Å². The Hall–Kier alpha value is -0.530. The third-order valence-corrected chi connectivity index (χ3v) is 2.00. The van der Waals surface area contributed by atoms with Gasteiger partial charge < -0.3 is 16.8 Å². The molecule has 0 saturated carbocycles. The van der Waals surface area contributed by atoms with Gasteiger partial charge >= 0.3 is 0 Å². The van der Waals surface area contributed by atoms with Crippen molar-refractivity contribution in [2.75, 3.05) is 13.1 Å². The fraction of sp³-hybridized carbons (Fsp3) is 0.800. The van der Waals surface area contributed by atoms with Crippen molar-refractivity contribution in [2.24, 2.45) is 27.8 Å². The van der Waals surface area contributed by atoms with E-state index < -0.39 is 5.41 Å². The lowest BCUT2D eigenvalue weighted by molar-refractivity contribution is -0.125. The highest BCUT2D eigenvalue weighted by molar-refractivity contribution is 14.0. The van der Waals surface area contributed by atoms with Crippen molar-refractivity contribution in [3.8, 4) is 0 Å². The zero-order valence-corrected chi connectivity index (χ0v) is 12.7. The molecule has 16 heavy (non-hydrogen) atoms. The first-order valence-corrected chi connectivity index (χ1v) is 5.09. The molecule has 0 aliphatic carbocycles. The molecule has 0 bridgehead atoms. The molecule has 1 amide bonds. The number of nitrogens with two attached hydrogens (primary N) is 2. The summed E-state index contributed by atoms with van der Waals surface area (Å²) in [5.74, 6) is 0.490. The lowest BCUT2D eigenvalue weighted by Crippen LogP contribution is -2.38. The molecule has 0 unspecified atom stereocenters. The zero-order valence-electron chi connectivity index (χ0n) is 10.4. The van der Waals surface area contributed by atoms with Crippen molar-refractivity contribution < 1.29 is 4.79 Å². The predicted molar refractivity (Wildman–Crippen MR) is 77.7 cm³/mol. The fourth-order valence-corrected chi connectivity index (χ4v) is 0.725. The summed E-state index contributed by atoms with van der Waals surface area (Å²) >= 11 is 0. The van der Waals surface area contributed by atoms with Crippen LogP contribution >= 0.6 is 24.0 Å². The van der Waals surface area contributed by atoms with E-state index in [1.165, 1.54) is 0 Å². The minimum Gasteiger partial charge on any atom is -0.370 e. The first-order chi connectivity index (χ1) is 6.75. The SMILES string of the molecule is CC(C)CNC(N)=NCC(C)(C)C(N)=O.I. The molecule has 0 atom stereocenters. The first-order valence-electron chi connectivity index (χ1n) is 5.09. The van der Waals surface area contributed by atoms with Crippen molar-refractivity contribution in [1.82, 2.24) is 5.32 Å². The molecule has 0 rings (SSSR count). The summed E-state index contributed by atoms with van der Waals surface area (Å²) in [4.78, 5) is 15.1. The number of aliphatic imine (C=N–C) groups is 1. The third-order valence-electron chi connectivity index (χ3n) is 2.00. The average molecular weight is 342 g/mol. The van der Waals surface area contributed by atoms with Crippen LogP contribution < -0.4 is 16.8 Å². The minimum atomic E-state index is -0.649. The maximum absolute atomic E-state index is 11.0. The number of carbonyl (C=O) groups is 1. The molecule has 0 radical (unpaired) electrons. The van der Waals surface area contributed by atoms with Gasteiger partial charge in [-0.15, -0.1) is 24.0 Å². The quantitative estimate of drug-likeness (QED) is 0.390. The van der Waals surface area contributed by atoms with E-state index in [1.54, 1.807) is 13.8 Å². The van der Waals surface area contributed by atoms with Crippen molar-refractivity contribution in [3.05, 3.63) is 0 Å². The standard InChI is InChI=1S/C10H22N4O.HI/c1-7(2)5-13-9(12)14-6-10(3,4)8(11)15;/h7H,5-6H2,1-4H3,(H2,11,15)(H3,12,13,14);1H. The van der Waals surface area contributed by atoms with Gasteiger partial charge in [0, 0.05) is 6.54 Å². The van der Waals surface area contributed by atoms with Crippen LogP contribution in [0.4, 0.5) is 0 Å². The van der Waals surface area contributed by atoms with E-state index >= 15 is 0 Å². The largest absolute Gasteiger partial charge is 0.370 e. The molecule has 0 aliphatic heterocycles. The topological polar surface area (TPSA) is 93.5 Å². The van der Waals surface area contributed by atoms with Gasteiger partial charge in [0.1, 0.15) is 0 Å². The minimum absolute atomic E-state index is 0. The molecule has 0 spiro atoms. The van der Waals surface area contributed by atoms with Gasteiger partial charge in [0.05, 0.1) is 12.0 Å². The molecule has 0 aliphatic rings. The number of hydrogen-bond acceptors (Lipinski definition) is 2. The Morgan fingerprint density at radius 1 is 1.38 bits per heavy atom. The van der Waals surface area contributed by atoms with Crippen molar-refractivity contribution in [3.63, 3.8) is 0 Å². The summed E-state index contributed by atoms with van der Waals surface area (Å²) in [5, 5.41) is 2.97. The van der Waals surface area contributed by atoms with Crippen LogP contribution in [0.5, 0.6) is 0 Å². The molecule has 0 fully saturated rings. The molecule has 5 N–H and O–H groups in total. The van der Waals surface area contributed by atoms with Gasteiger partial charge in [-0.05, 0) is 19.8 Å². The third kappa shape index (κ3) is 7.72. The molecule has 0 aromatic carbocycles. The predicted octanol–water partition coefficient (Wildman–Crippen LogP) is 0.676. The molecule has 6 heteroatoms. The number of nitrogens with zero attached hydrogens (tertiary/aromatic N) is 1. The zero-order chi connectivity index (χ0) is 12.1. The molecular weight excluding hydrogens is 319 g/mol. The Balaban J connectivity index is 0. The van der Waals surface area contributed by atoms with E-state index in [1.807, 2.05) is 0 Å². The van der Waals surface area contributed by atoms with Gasteiger partial charge in [0.2, 0.25) is 5.91 Å². The van der Waals surface area contributed by atoms with Gasteiger partial charge in [0.15, 0.2) is 5.96 Å². The second-order valence-electron chi connectivity index (χ2n) is 4.72. The van der Waals surface area contributed by atoms with Gasteiger partial charge in [-0.1, -0.05) is 13.8 Å².